The van der Waals surface area contributed by atoms with Crippen LogP contribution in [0.25, 0.3) is 22.5 Å². The molecule has 1 atom stereocenters. The number of hydrogen-bond acceptors (Lipinski definition) is 6. The first kappa shape index (κ1) is 18.5. The van der Waals surface area contributed by atoms with Crippen molar-refractivity contribution in [3.63, 3.8) is 0 Å². The maximum absolute atomic E-state index is 12.6. The van der Waals surface area contributed by atoms with Crippen molar-refractivity contribution in [1.29, 1.82) is 0 Å². The summed E-state index contributed by atoms with van der Waals surface area (Å²) in [4.78, 5) is 25.9. The van der Waals surface area contributed by atoms with E-state index in [0.717, 1.165) is 10.9 Å². The van der Waals surface area contributed by atoms with Gasteiger partial charge in [-0.1, -0.05) is 41.6 Å². The zero-order valence-corrected chi connectivity index (χ0v) is 16.4. The minimum Gasteiger partial charge on any atom is -0.461 e. The molecule has 0 radical (unpaired) electrons. The quantitative estimate of drug-likeness (QED) is 0.366. The zero-order valence-electron chi connectivity index (χ0n) is 14.8. The first-order chi connectivity index (χ1) is 13.6. The van der Waals surface area contributed by atoms with Gasteiger partial charge in [0, 0.05) is 11.6 Å². The second-order valence-corrected chi connectivity index (χ2v) is 7.72. The number of anilines is 1. The van der Waals surface area contributed by atoms with E-state index in [0.29, 0.717) is 27.5 Å². The highest BCUT2D eigenvalue weighted by atomic mass is 35.5. The molecular weight excluding hydrogens is 396 g/mol. The van der Waals surface area contributed by atoms with Gasteiger partial charge in [0.1, 0.15) is 10.8 Å². The van der Waals surface area contributed by atoms with E-state index in [1.807, 2.05) is 31.2 Å². The third-order valence-corrected chi connectivity index (χ3v) is 5.27. The van der Waals surface area contributed by atoms with E-state index in [2.05, 4.69) is 20.3 Å². The van der Waals surface area contributed by atoms with E-state index >= 15 is 0 Å². The lowest BCUT2D eigenvalue weighted by atomic mass is 10.2. The van der Waals surface area contributed by atoms with Crippen LogP contribution in [0.3, 0.4) is 0 Å². The van der Waals surface area contributed by atoms with Gasteiger partial charge in [-0.05, 0) is 37.3 Å². The largest absolute Gasteiger partial charge is 0.461 e. The van der Waals surface area contributed by atoms with Crippen LogP contribution < -0.4 is 5.32 Å². The van der Waals surface area contributed by atoms with Crippen molar-refractivity contribution in [3.8, 4) is 11.6 Å². The van der Waals surface area contributed by atoms with E-state index in [4.69, 9.17) is 16.0 Å². The highest BCUT2D eigenvalue weighted by Crippen LogP contribution is 2.31. The molecule has 0 aliphatic carbocycles. The summed E-state index contributed by atoms with van der Waals surface area (Å²) in [6, 6.07) is 14.6. The SMILES string of the molecule is C[C@H](Sc1nc(-c2ccco2)nc2ccccc12)C(=O)Nc1ccc(Cl)cn1. The average molecular weight is 411 g/mol. The normalized spacial score (nSPS) is 12.1. The Labute approximate surface area is 170 Å². The molecule has 6 nitrogen and oxygen atoms in total. The number of halogens is 1. The molecule has 0 spiro atoms. The predicted octanol–water partition coefficient (Wildman–Crippen LogP) is 5.06. The van der Waals surface area contributed by atoms with Crippen LogP contribution >= 0.6 is 23.4 Å². The van der Waals surface area contributed by atoms with Gasteiger partial charge in [0.2, 0.25) is 5.91 Å². The Bertz CT molecular complexity index is 1120. The standard InChI is InChI=1S/C20H15ClN4O2S/c1-12(19(26)24-17-9-8-13(21)11-22-17)28-20-14-5-2-3-6-15(14)23-18(25-20)16-7-4-10-27-16/h2-12H,1H3,(H,22,24,26)/t12-/m0/s1. The van der Waals surface area contributed by atoms with Crippen LogP contribution in [0.1, 0.15) is 6.92 Å². The number of aromatic nitrogens is 3. The fourth-order valence-electron chi connectivity index (χ4n) is 2.55. The topological polar surface area (TPSA) is 80.9 Å². The van der Waals surface area contributed by atoms with Crippen molar-refractivity contribution in [1.82, 2.24) is 15.0 Å². The number of para-hydroxylation sites is 1. The maximum Gasteiger partial charge on any atom is 0.238 e. The molecule has 3 heterocycles. The molecule has 28 heavy (non-hydrogen) atoms. The Balaban J connectivity index is 1.61. The first-order valence-corrected chi connectivity index (χ1v) is 9.75. The lowest BCUT2D eigenvalue weighted by molar-refractivity contribution is -0.115. The third kappa shape index (κ3) is 4.00. The molecule has 1 amide bonds. The number of carbonyl (C=O) groups is 1. The third-order valence-electron chi connectivity index (χ3n) is 3.95. The Kier molecular flexibility index (Phi) is 5.27. The van der Waals surface area contributed by atoms with Crippen LogP contribution in [0.5, 0.6) is 0 Å². The van der Waals surface area contributed by atoms with Gasteiger partial charge in [-0.15, -0.1) is 0 Å². The van der Waals surface area contributed by atoms with E-state index in [9.17, 15) is 4.79 Å². The van der Waals surface area contributed by atoms with Gasteiger partial charge >= 0.3 is 0 Å². The van der Waals surface area contributed by atoms with Gasteiger partial charge in [-0.2, -0.15) is 0 Å². The summed E-state index contributed by atoms with van der Waals surface area (Å²) < 4.78 is 5.43. The van der Waals surface area contributed by atoms with Gasteiger partial charge < -0.3 is 9.73 Å². The fourth-order valence-corrected chi connectivity index (χ4v) is 3.60. The number of benzene rings is 1. The number of nitrogens with zero attached hydrogens (tertiary/aromatic N) is 3. The van der Waals surface area contributed by atoms with Crippen molar-refractivity contribution in [2.75, 3.05) is 5.32 Å². The van der Waals surface area contributed by atoms with Gasteiger partial charge in [0.05, 0.1) is 22.1 Å². The van der Waals surface area contributed by atoms with Crippen molar-refractivity contribution in [2.45, 2.75) is 17.2 Å². The Hall–Kier alpha value is -2.90. The minimum absolute atomic E-state index is 0.179. The molecule has 0 unspecified atom stereocenters. The molecule has 140 valence electrons. The fraction of sp³-hybridized carbons (Fsp3) is 0.100. The Morgan fingerprint density at radius 1 is 1.14 bits per heavy atom. The van der Waals surface area contributed by atoms with Gasteiger partial charge in [0.15, 0.2) is 11.6 Å². The molecule has 8 heteroatoms. The molecule has 0 bridgehead atoms. The minimum atomic E-state index is -0.403. The van der Waals surface area contributed by atoms with Crippen LogP contribution in [0, 0.1) is 0 Å². The van der Waals surface area contributed by atoms with E-state index in [-0.39, 0.29) is 5.91 Å². The molecular formula is C20H15ClN4O2S. The summed E-state index contributed by atoms with van der Waals surface area (Å²) in [5.41, 5.74) is 0.790. The zero-order chi connectivity index (χ0) is 19.5. The highest BCUT2D eigenvalue weighted by Gasteiger charge is 2.19. The van der Waals surface area contributed by atoms with Crippen LogP contribution in [0.2, 0.25) is 5.02 Å². The molecule has 1 aromatic carbocycles. The molecule has 0 aliphatic rings. The van der Waals surface area contributed by atoms with Crippen molar-refractivity contribution in [2.24, 2.45) is 0 Å². The van der Waals surface area contributed by atoms with Crippen LogP contribution in [-0.4, -0.2) is 26.1 Å². The van der Waals surface area contributed by atoms with E-state index < -0.39 is 5.25 Å². The van der Waals surface area contributed by atoms with Crippen molar-refractivity contribution < 1.29 is 9.21 Å². The van der Waals surface area contributed by atoms with Gasteiger partial charge in [-0.3, -0.25) is 4.79 Å². The molecule has 0 saturated heterocycles. The molecule has 4 aromatic rings. The average Bonchev–Trinajstić information content (AvgIpc) is 3.24. The first-order valence-electron chi connectivity index (χ1n) is 8.50. The molecule has 1 N–H and O–H groups in total. The van der Waals surface area contributed by atoms with E-state index in [1.165, 1.54) is 18.0 Å². The molecule has 0 saturated carbocycles. The van der Waals surface area contributed by atoms with Crippen LogP contribution in [0.15, 0.2) is 70.4 Å². The summed E-state index contributed by atoms with van der Waals surface area (Å²) in [6.07, 6.45) is 3.07. The number of nitrogens with one attached hydrogen (secondary N) is 1. The Morgan fingerprint density at radius 3 is 2.75 bits per heavy atom. The monoisotopic (exact) mass is 410 g/mol. The second-order valence-electron chi connectivity index (χ2n) is 5.96. The highest BCUT2D eigenvalue weighted by molar-refractivity contribution is 8.00. The molecule has 0 aliphatic heterocycles. The second kappa shape index (κ2) is 8.00. The van der Waals surface area contributed by atoms with Crippen LogP contribution in [0.4, 0.5) is 5.82 Å². The molecule has 3 aromatic heterocycles. The van der Waals surface area contributed by atoms with Crippen LogP contribution in [-0.2, 0) is 4.79 Å². The number of thioether (sulfide) groups is 1. The maximum atomic E-state index is 12.6. The van der Waals surface area contributed by atoms with Gasteiger partial charge in [-0.25, -0.2) is 15.0 Å². The van der Waals surface area contributed by atoms with E-state index in [1.54, 1.807) is 30.5 Å². The number of fused-ring (bicyclic) bond motifs is 1. The number of pyridine rings is 1. The lowest BCUT2D eigenvalue weighted by Gasteiger charge is -2.13. The van der Waals surface area contributed by atoms with Crippen molar-refractivity contribution >= 4 is 46.0 Å². The number of hydrogen-bond donors (Lipinski definition) is 1. The summed E-state index contributed by atoms with van der Waals surface area (Å²) >= 11 is 7.19. The van der Waals surface area contributed by atoms with Gasteiger partial charge in [0.25, 0.3) is 0 Å². The number of carbonyl (C=O) groups excluding carboxylic acids is 1. The summed E-state index contributed by atoms with van der Waals surface area (Å²) in [5, 5.41) is 4.49. The number of amides is 1. The summed E-state index contributed by atoms with van der Waals surface area (Å²) in [7, 11) is 0. The Morgan fingerprint density at radius 2 is 2.00 bits per heavy atom. The summed E-state index contributed by atoms with van der Waals surface area (Å²) in [6.45, 7) is 1.82. The predicted molar refractivity (Wildman–Crippen MR) is 110 cm³/mol. The number of rotatable bonds is 5. The summed E-state index contributed by atoms with van der Waals surface area (Å²) in [5.74, 6) is 1.33. The smallest absolute Gasteiger partial charge is 0.238 e. The lowest BCUT2D eigenvalue weighted by Crippen LogP contribution is -2.23. The molecule has 4 rings (SSSR count). The molecule has 0 fully saturated rings. The van der Waals surface area contributed by atoms with Crippen molar-refractivity contribution in [3.05, 3.63) is 66.0 Å². The number of furan rings is 1.